The molecule has 10 heteroatoms. The number of hydrogen-bond donors (Lipinski definition) is 0. The van der Waals surface area contributed by atoms with Crippen molar-refractivity contribution in [1.29, 1.82) is 0 Å². The van der Waals surface area contributed by atoms with E-state index in [0.29, 0.717) is 31.1 Å². The van der Waals surface area contributed by atoms with Crippen LogP contribution in [0, 0.1) is 6.92 Å². The lowest BCUT2D eigenvalue weighted by molar-refractivity contribution is 0.383. The van der Waals surface area contributed by atoms with Crippen molar-refractivity contribution < 1.29 is 8.42 Å². The predicted molar refractivity (Wildman–Crippen MR) is 127 cm³/mol. The number of piperidine rings is 1. The maximum Gasteiger partial charge on any atom is 0.243 e. The van der Waals surface area contributed by atoms with Crippen molar-refractivity contribution in [2.24, 2.45) is 0 Å². The highest BCUT2D eigenvalue weighted by Crippen LogP contribution is 2.24. The molecule has 4 heterocycles. The highest BCUT2D eigenvalue weighted by molar-refractivity contribution is 7.89. The van der Waals surface area contributed by atoms with Gasteiger partial charge in [0.15, 0.2) is 0 Å². The van der Waals surface area contributed by atoms with Crippen LogP contribution in [0.5, 0.6) is 0 Å². The Balaban J connectivity index is 1.27. The van der Waals surface area contributed by atoms with Crippen LogP contribution in [0.25, 0.3) is 5.69 Å². The Bertz CT molecular complexity index is 1180. The molecule has 174 valence electrons. The second-order valence-electron chi connectivity index (χ2n) is 8.55. The SMILES string of the molecule is Cc1cc(N2CCN(S(=O)(=O)c3ccc(-n4cccn4)cc3)CC2)nc(N2CCCCC2)n1. The quantitative estimate of drug-likeness (QED) is 0.570. The minimum Gasteiger partial charge on any atom is -0.354 e. The van der Waals surface area contributed by atoms with Crippen LogP contribution in [-0.4, -0.2) is 71.7 Å². The molecule has 9 nitrogen and oxygen atoms in total. The highest BCUT2D eigenvalue weighted by atomic mass is 32.2. The lowest BCUT2D eigenvalue weighted by Crippen LogP contribution is -2.49. The topological polar surface area (TPSA) is 87.5 Å². The van der Waals surface area contributed by atoms with Gasteiger partial charge in [-0.05, 0) is 56.5 Å². The van der Waals surface area contributed by atoms with Crippen LogP contribution in [0.4, 0.5) is 11.8 Å². The van der Waals surface area contributed by atoms with Crippen molar-refractivity contribution in [3.8, 4) is 5.69 Å². The Morgan fingerprint density at radius 1 is 0.848 bits per heavy atom. The predicted octanol–water partition coefficient (Wildman–Crippen LogP) is 2.47. The molecular formula is C23H29N7O2S. The van der Waals surface area contributed by atoms with Crippen LogP contribution in [0.3, 0.4) is 0 Å². The summed E-state index contributed by atoms with van der Waals surface area (Å²) in [6, 6.07) is 10.7. The molecule has 2 fully saturated rings. The van der Waals surface area contributed by atoms with Gasteiger partial charge in [0.25, 0.3) is 0 Å². The second kappa shape index (κ2) is 9.11. The molecule has 33 heavy (non-hydrogen) atoms. The molecule has 0 unspecified atom stereocenters. The lowest BCUT2D eigenvalue weighted by atomic mass is 10.1. The minimum atomic E-state index is -3.55. The molecule has 1 aromatic carbocycles. The Hall–Kier alpha value is -2.98. The summed E-state index contributed by atoms with van der Waals surface area (Å²) >= 11 is 0. The molecule has 2 saturated heterocycles. The van der Waals surface area contributed by atoms with E-state index in [9.17, 15) is 8.42 Å². The molecule has 2 aliphatic heterocycles. The van der Waals surface area contributed by atoms with Crippen LogP contribution in [0.2, 0.25) is 0 Å². The van der Waals surface area contributed by atoms with E-state index < -0.39 is 10.0 Å². The molecule has 5 rings (SSSR count). The molecule has 0 amide bonds. The van der Waals surface area contributed by atoms with Gasteiger partial charge in [0, 0.05) is 63.4 Å². The molecule has 0 atom stereocenters. The van der Waals surface area contributed by atoms with Gasteiger partial charge in [0.2, 0.25) is 16.0 Å². The van der Waals surface area contributed by atoms with Crippen molar-refractivity contribution in [1.82, 2.24) is 24.1 Å². The lowest BCUT2D eigenvalue weighted by Gasteiger charge is -2.35. The summed E-state index contributed by atoms with van der Waals surface area (Å²) in [6.07, 6.45) is 7.13. The Kier molecular flexibility index (Phi) is 6.03. The van der Waals surface area contributed by atoms with Crippen LogP contribution in [-0.2, 0) is 10.0 Å². The summed E-state index contributed by atoms with van der Waals surface area (Å²) in [6.45, 7) is 6.02. The molecule has 0 bridgehead atoms. The van der Waals surface area contributed by atoms with E-state index in [2.05, 4.69) is 19.9 Å². The van der Waals surface area contributed by atoms with E-state index >= 15 is 0 Å². The summed E-state index contributed by atoms with van der Waals surface area (Å²) < 4.78 is 29.7. The average molecular weight is 468 g/mol. The first-order chi connectivity index (χ1) is 16.0. The third kappa shape index (κ3) is 4.58. The number of sulfonamides is 1. The van der Waals surface area contributed by atoms with Crippen LogP contribution in [0.15, 0.2) is 53.7 Å². The Morgan fingerprint density at radius 3 is 2.24 bits per heavy atom. The molecule has 3 aromatic rings. The normalized spacial score (nSPS) is 18.0. The van der Waals surface area contributed by atoms with E-state index in [0.717, 1.165) is 36.2 Å². The molecule has 0 N–H and O–H groups in total. The summed E-state index contributed by atoms with van der Waals surface area (Å²) in [5.41, 5.74) is 1.76. The molecule has 0 spiro atoms. The zero-order valence-electron chi connectivity index (χ0n) is 18.8. The minimum absolute atomic E-state index is 0.303. The number of aromatic nitrogens is 4. The fraction of sp³-hybridized carbons (Fsp3) is 0.435. The average Bonchev–Trinajstić information content (AvgIpc) is 3.39. The van der Waals surface area contributed by atoms with Crippen LogP contribution < -0.4 is 9.80 Å². The van der Waals surface area contributed by atoms with E-state index in [1.807, 2.05) is 25.3 Å². The number of nitrogens with zero attached hydrogens (tertiary/aromatic N) is 7. The largest absolute Gasteiger partial charge is 0.354 e. The van der Waals surface area contributed by atoms with Crippen LogP contribution in [0.1, 0.15) is 25.0 Å². The van der Waals surface area contributed by atoms with E-state index in [4.69, 9.17) is 4.98 Å². The maximum atomic E-state index is 13.2. The monoisotopic (exact) mass is 467 g/mol. The smallest absolute Gasteiger partial charge is 0.243 e. The van der Waals surface area contributed by atoms with E-state index in [-0.39, 0.29) is 0 Å². The Labute approximate surface area is 194 Å². The van der Waals surface area contributed by atoms with Crippen molar-refractivity contribution >= 4 is 21.8 Å². The van der Waals surface area contributed by atoms with Crippen LogP contribution >= 0.6 is 0 Å². The fourth-order valence-electron chi connectivity index (χ4n) is 4.43. The third-order valence-electron chi connectivity index (χ3n) is 6.27. The van der Waals surface area contributed by atoms with Gasteiger partial charge in [-0.3, -0.25) is 0 Å². The number of hydrogen-bond acceptors (Lipinski definition) is 7. The fourth-order valence-corrected chi connectivity index (χ4v) is 5.86. The molecule has 2 aromatic heterocycles. The highest BCUT2D eigenvalue weighted by Gasteiger charge is 2.29. The number of benzene rings is 1. The first kappa shape index (κ1) is 21.8. The zero-order chi connectivity index (χ0) is 22.8. The summed E-state index contributed by atoms with van der Waals surface area (Å²) in [5.74, 6) is 1.67. The standard InChI is InChI=1S/C23H29N7O2S/c1-19-18-22(26-23(25-19)28-11-3-2-4-12-28)27-14-16-29(17-15-27)33(31,32)21-8-6-20(7-9-21)30-13-5-10-24-30/h5-10,13,18H,2-4,11-12,14-17H2,1H3. The van der Waals surface area contributed by atoms with Crippen molar-refractivity contribution in [3.63, 3.8) is 0 Å². The van der Waals surface area contributed by atoms with E-state index in [1.54, 1.807) is 39.4 Å². The van der Waals surface area contributed by atoms with Gasteiger partial charge < -0.3 is 9.80 Å². The van der Waals surface area contributed by atoms with Gasteiger partial charge in [-0.25, -0.2) is 18.1 Å². The molecule has 0 aliphatic carbocycles. The first-order valence-corrected chi connectivity index (χ1v) is 12.9. The van der Waals surface area contributed by atoms with E-state index in [1.165, 1.54) is 19.3 Å². The van der Waals surface area contributed by atoms with Crippen molar-refractivity contribution in [2.45, 2.75) is 31.1 Å². The molecule has 0 saturated carbocycles. The number of rotatable bonds is 5. The van der Waals surface area contributed by atoms with Crippen molar-refractivity contribution in [2.75, 3.05) is 49.1 Å². The number of piperazine rings is 1. The summed E-state index contributed by atoms with van der Waals surface area (Å²) in [7, 11) is -3.55. The van der Waals surface area contributed by atoms with Crippen molar-refractivity contribution in [3.05, 3.63) is 54.5 Å². The maximum absolute atomic E-state index is 13.2. The Morgan fingerprint density at radius 2 is 1.58 bits per heavy atom. The van der Waals surface area contributed by atoms with Gasteiger partial charge in [0.1, 0.15) is 5.82 Å². The molecule has 0 radical (unpaired) electrons. The zero-order valence-corrected chi connectivity index (χ0v) is 19.7. The van der Waals surface area contributed by atoms with Gasteiger partial charge in [-0.2, -0.15) is 14.4 Å². The summed E-state index contributed by atoms with van der Waals surface area (Å²) in [4.78, 5) is 14.2. The third-order valence-corrected chi connectivity index (χ3v) is 8.19. The summed E-state index contributed by atoms with van der Waals surface area (Å²) in [5, 5.41) is 4.19. The number of anilines is 2. The van der Waals surface area contributed by atoms with Gasteiger partial charge in [-0.1, -0.05) is 0 Å². The second-order valence-corrected chi connectivity index (χ2v) is 10.5. The first-order valence-electron chi connectivity index (χ1n) is 11.5. The van der Waals surface area contributed by atoms with Gasteiger partial charge in [-0.15, -0.1) is 0 Å². The molecular weight excluding hydrogens is 438 g/mol. The van der Waals surface area contributed by atoms with Gasteiger partial charge >= 0.3 is 0 Å². The number of aryl methyl sites for hydroxylation is 1. The molecule has 2 aliphatic rings. The van der Waals surface area contributed by atoms with Gasteiger partial charge in [0.05, 0.1) is 10.6 Å².